The maximum atomic E-state index is 10.6. The van der Waals surface area contributed by atoms with Crippen molar-refractivity contribution in [3.05, 3.63) is 48.0 Å². The molecule has 76 valence electrons. The summed E-state index contributed by atoms with van der Waals surface area (Å²) in [7, 11) is 0. The zero-order valence-electron chi connectivity index (χ0n) is 7.87. The number of rotatable bonds is 3. The number of nitrogens with zero attached hydrogens (tertiary/aromatic N) is 3. The summed E-state index contributed by atoms with van der Waals surface area (Å²) in [5.41, 5.74) is 1.03. The van der Waals surface area contributed by atoms with Gasteiger partial charge < -0.3 is 5.11 Å². The molecule has 0 aliphatic carbocycles. The van der Waals surface area contributed by atoms with Crippen LogP contribution in [0.2, 0.25) is 0 Å². The normalized spacial score (nSPS) is 10.1. The van der Waals surface area contributed by atoms with Gasteiger partial charge in [-0.25, -0.2) is 4.79 Å². The van der Waals surface area contributed by atoms with Crippen LogP contribution in [0.5, 0.6) is 0 Å². The fraction of sp³-hybridized carbons (Fsp3) is 0.100. The van der Waals surface area contributed by atoms with E-state index in [9.17, 15) is 4.79 Å². The molecule has 0 spiro atoms. The van der Waals surface area contributed by atoms with Crippen LogP contribution in [0.25, 0.3) is 0 Å². The Bertz CT molecular complexity index is 465. The van der Waals surface area contributed by atoms with E-state index in [-0.39, 0.29) is 5.56 Å². The molecule has 5 nitrogen and oxygen atoms in total. The fourth-order valence-electron chi connectivity index (χ4n) is 1.22. The van der Waals surface area contributed by atoms with Gasteiger partial charge in [0.25, 0.3) is 0 Å². The van der Waals surface area contributed by atoms with Gasteiger partial charge in [0.2, 0.25) is 0 Å². The highest BCUT2D eigenvalue weighted by Crippen LogP contribution is 2.01. The monoisotopic (exact) mass is 203 g/mol. The van der Waals surface area contributed by atoms with Crippen LogP contribution in [0.15, 0.2) is 36.8 Å². The molecule has 5 heteroatoms. The summed E-state index contributed by atoms with van der Waals surface area (Å²) in [6, 6.07) is 5.57. The minimum atomic E-state index is -0.970. The Morgan fingerprint density at radius 1 is 1.47 bits per heavy atom. The van der Waals surface area contributed by atoms with Gasteiger partial charge in [-0.15, -0.1) is 0 Å². The number of aromatic nitrogens is 3. The molecule has 0 unspecified atom stereocenters. The van der Waals surface area contributed by atoms with E-state index in [0.717, 1.165) is 5.69 Å². The van der Waals surface area contributed by atoms with Crippen molar-refractivity contribution in [3.8, 4) is 0 Å². The van der Waals surface area contributed by atoms with Gasteiger partial charge in [-0.1, -0.05) is 6.07 Å². The van der Waals surface area contributed by atoms with E-state index in [1.54, 1.807) is 10.9 Å². The Kier molecular flexibility index (Phi) is 2.45. The summed E-state index contributed by atoms with van der Waals surface area (Å²) in [6.45, 7) is 0.480. The molecule has 0 aliphatic heterocycles. The van der Waals surface area contributed by atoms with Crippen molar-refractivity contribution in [2.75, 3.05) is 0 Å². The molecule has 0 fully saturated rings. The van der Waals surface area contributed by atoms with Crippen LogP contribution in [0.3, 0.4) is 0 Å². The third-order valence-corrected chi connectivity index (χ3v) is 1.93. The van der Waals surface area contributed by atoms with E-state index >= 15 is 0 Å². The van der Waals surface area contributed by atoms with Gasteiger partial charge in [0.1, 0.15) is 0 Å². The molecule has 2 heterocycles. The van der Waals surface area contributed by atoms with Crippen LogP contribution in [-0.4, -0.2) is 25.8 Å². The van der Waals surface area contributed by atoms with Crippen LogP contribution in [-0.2, 0) is 6.54 Å². The molecule has 0 saturated heterocycles. The van der Waals surface area contributed by atoms with Gasteiger partial charge in [-0.05, 0) is 12.1 Å². The minimum absolute atomic E-state index is 0.186. The lowest BCUT2D eigenvalue weighted by Gasteiger charge is -1.99. The highest BCUT2D eigenvalue weighted by Gasteiger charge is 2.05. The fourth-order valence-corrected chi connectivity index (χ4v) is 1.22. The molecule has 0 aromatic carbocycles. The maximum Gasteiger partial charge on any atom is 0.338 e. The number of hydrogen-bond donors (Lipinski definition) is 1. The lowest BCUT2D eigenvalue weighted by molar-refractivity contribution is 0.0697. The Hall–Kier alpha value is -2.17. The number of carboxylic acid groups (broad SMARTS) is 1. The van der Waals surface area contributed by atoms with Crippen LogP contribution < -0.4 is 0 Å². The van der Waals surface area contributed by atoms with Crippen LogP contribution in [0.1, 0.15) is 16.1 Å². The average molecular weight is 203 g/mol. The molecule has 15 heavy (non-hydrogen) atoms. The zero-order chi connectivity index (χ0) is 10.7. The Balaban J connectivity index is 2.15. The Morgan fingerprint density at radius 3 is 2.93 bits per heavy atom. The van der Waals surface area contributed by atoms with E-state index < -0.39 is 5.97 Å². The number of pyridine rings is 1. The van der Waals surface area contributed by atoms with Crippen molar-refractivity contribution in [1.29, 1.82) is 0 Å². The maximum absolute atomic E-state index is 10.6. The summed E-state index contributed by atoms with van der Waals surface area (Å²) in [6.07, 6.45) is 4.50. The van der Waals surface area contributed by atoms with E-state index in [1.165, 1.54) is 12.4 Å². The molecule has 2 aromatic rings. The molecule has 0 bridgehead atoms. The number of carboxylic acids is 1. The minimum Gasteiger partial charge on any atom is -0.478 e. The molecular formula is C10H9N3O2. The highest BCUT2D eigenvalue weighted by molar-refractivity contribution is 5.86. The molecule has 0 atom stereocenters. The third-order valence-electron chi connectivity index (χ3n) is 1.93. The molecule has 2 rings (SSSR count). The van der Waals surface area contributed by atoms with Crippen molar-refractivity contribution in [2.24, 2.45) is 0 Å². The third kappa shape index (κ3) is 2.19. The quantitative estimate of drug-likeness (QED) is 0.808. The largest absolute Gasteiger partial charge is 0.478 e. The first kappa shape index (κ1) is 9.39. The molecule has 0 saturated carbocycles. The molecule has 0 aliphatic rings. The van der Waals surface area contributed by atoms with Crippen molar-refractivity contribution in [3.63, 3.8) is 0 Å². The van der Waals surface area contributed by atoms with E-state index in [4.69, 9.17) is 5.11 Å². The van der Waals surface area contributed by atoms with Gasteiger partial charge in [0.15, 0.2) is 0 Å². The van der Waals surface area contributed by atoms with Crippen LogP contribution in [0, 0.1) is 0 Å². The van der Waals surface area contributed by atoms with Crippen LogP contribution >= 0.6 is 0 Å². The Labute approximate surface area is 86.0 Å². The van der Waals surface area contributed by atoms with E-state index in [0.29, 0.717) is 6.54 Å². The number of carbonyl (C=O) groups is 1. The second-order valence-electron chi connectivity index (χ2n) is 3.05. The van der Waals surface area contributed by atoms with Gasteiger partial charge in [-0.2, -0.15) is 5.10 Å². The number of aromatic carboxylic acids is 1. The molecule has 0 radical (unpaired) electrons. The predicted octanol–water partition coefficient (Wildman–Crippen LogP) is 1.02. The second kappa shape index (κ2) is 3.91. The second-order valence-corrected chi connectivity index (χ2v) is 3.05. The zero-order valence-corrected chi connectivity index (χ0v) is 7.87. The lowest BCUT2D eigenvalue weighted by atomic mass is 10.3. The van der Waals surface area contributed by atoms with Gasteiger partial charge in [-0.3, -0.25) is 9.67 Å². The first-order valence-electron chi connectivity index (χ1n) is 4.41. The van der Waals surface area contributed by atoms with E-state index in [1.807, 2.05) is 18.2 Å². The topological polar surface area (TPSA) is 68.0 Å². The van der Waals surface area contributed by atoms with Crippen molar-refractivity contribution in [1.82, 2.24) is 14.8 Å². The first-order chi connectivity index (χ1) is 7.25. The average Bonchev–Trinajstić information content (AvgIpc) is 2.68. The van der Waals surface area contributed by atoms with Gasteiger partial charge in [0, 0.05) is 12.4 Å². The highest BCUT2D eigenvalue weighted by atomic mass is 16.4. The summed E-state index contributed by atoms with van der Waals surface area (Å²) in [5, 5.41) is 12.6. The summed E-state index contributed by atoms with van der Waals surface area (Å²) in [5.74, 6) is -0.970. The first-order valence-corrected chi connectivity index (χ1v) is 4.41. The summed E-state index contributed by atoms with van der Waals surface area (Å²) < 4.78 is 1.55. The predicted molar refractivity (Wildman–Crippen MR) is 52.5 cm³/mol. The van der Waals surface area contributed by atoms with Crippen LogP contribution in [0.4, 0.5) is 0 Å². The van der Waals surface area contributed by atoms with E-state index in [2.05, 4.69) is 10.1 Å². The van der Waals surface area contributed by atoms with Gasteiger partial charge >= 0.3 is 5.97 Å². The van der Waals surface area contributed by atoms with Gasteiger partial charge in [0.05, 0.1) is 24.0 Å². The van der Waals surface area contributed by atoms with Crippen molar-refractivity contribution in [2.45, 2.75) is 6.54 Å². The smallest absolute Gasteiger partial charge is 0.338 e. The summed E-state index contributed by atoms with van der Waals surface area (Å²) >= 11 is 0. The SMILES string of the molecule is O=C(O)c1cnn(Cc2ccccn2)c1. The van der Waals surface area contributed by atoms with Crippen molar-refractivity contribution < 1.29 is 9.90 Å². The Morgan fingerprint density at radius 2 is 2.33 bits per heavy atom. The molecular weight excluding hydrogens is 194 g/mol. The van der Waals surface area contributed by atoms with Crippen molar-refractivity contribution >= 4 is 5.97 Å². The molecule has 1 N–H and O–H groups in total. The summed E-state index contributed by atoms with van der Waals surface area (Å²) in [4.78, 5) is 14.7. The lowest BCUT2D eigenvalue weighted by Crippen LogP contribution is -2.01. The molecule has 2 aromatic heterocycles. The molecule has 0 amide bonds. The standard InChI is InChI=1S/C10H9N3O2/c14-10(15)8-5-12-13(6-8)7-9-3-1-2-4-11-9/h1-6H,7H2,(H,14,15). The number of hydrogen-bond acceptors (Lipinski definition) is 3.